The van der Waals surface area contributed by atoms with Gasteiger partial charge in [-0.3, -0.25) is 25.1 Å². The number of hydroxylamine groups is 1. The molecule has 0 radical (unpaired) electrons. The first kappa shape index (κ1) is 20.3. The molecule has 0 saturated heterocycles. The van der Waals surface area contributed by atoms with Crippen LogP contribution in [-0.4, -0.2) is 39.6 Å². The third kappa shape index (κ3) is 7.79. The minimum absolute atomic E-state index is 0.0507. The van der Waals surface area contributed by atoms with Crippen molar-refractivity contribution in [3.8, 4) is 0 Å². The van der Waals surface area contributed by atoms with Gasteiger partial charge in [0.15, 0.2) is 5.13 Å². The smallest absolute Gasteiger partial charge is 0.413 e. The summed E-state index contributed by atoms with van der Waals surface area (Å²) in [5.74, 6) is -0.759. The monoisotopic (exact) mass is 393 g/mol. The van der Waals surface area contributed by atoms with Gasteiger partial charge in [-0.15, -0.1) is 11.3 Å². The molecule has 0 unspecified atom stereocenters. The fourth-order valence-electron chi connectivity index (χ4n) is 1.96. The number of pyridine rings is 1. The van der Waals surface area contributed by atoms with Crippen LogP contribution in [0.4, 0.5) is 9.93 Å². The minimum atomic E-state index is -0.647. The Kier molecular flexibility index (Phi) is 8.13. The van der Waals surface area contributed by atoms with Gasteiger partial charge in [0.2, 0.25) is 11.8 Å². The third-order valence-electron chi connectivity index (χ3n) is 3.22. The zero-order valence-electron chi connectivity index (χ0n) is 14.3. The maximum absolute atomic E-state index is 11.8. The zero-order valence-corrected chi connectivity index (χ0v) is 15.1. The summed E-state index contributed by atoms with van der Waals surface area (Å²) >= 11 is 1.18. The van der Waals surface area contributed by atoms with Gasteiger partial charge < -0.3 is 10.1 Å². The molecule has 0 fully saturated rings. The van der Waals surface area contributed by atoms with Gasteiger partial charge in [-0.1, -0.05) is 6.07 Å². The second-order valence-corrected chi connectivity index (χ2v) is 6.23. The summed E-state index contributed by atoms with van der Waals surface area (Å²) in [7, 11) is 0. The van der Waals surface area contributed by atoms with E-state index in [1.54, 1.807) is 29.9 Å². The third-order valence-corrected chi connectivity index (χ3v) is 4.03. The highest BCUT2D eigenvalue weighted by Gasteiger charge is 2.11. The number of thiazole rings is 1. The first-order valence-corrected chi connectivity index (χ1v) is 8.91. The van der Waals surface area contributed by atoms with Crippen molar-refractivity contribution in [2.24, 2.45) is 0 Å². The van der Waals surface area contributed by atoms with Crippen LogP contribution < -0.4 is 16.1 Å². The van der Waals surface area contributed by atoms with Crippen LogP contribution in [0, 0.1) is 0 Å². The second kappa shape index (κ2) is 10.8. The molecule has 0 saturated carbocycles. The summed E-state index contributed by atoms with van der Waals surface area (Å²) in [4.78, 5) is 42.5. The van der Waals surface area contributed by atoms with Crippen LogP contribution in [0.1, 0.15) is 24.1 Å². The molecule has 11 heteroatoms. The van der Waals surface area contributed by atoms with Gasteiger partial charge in [0.25, 0.3) is 0 Å². The number of rotatable bonds is 9. The molecule has 3 amide bonds. The fourth-order valence-corrected chi connectivity index (χ4v) is 2.66. The lowest BCUT2D eigenvalue weighted by molar-refractivity contribution is -0.129. The number of aromatic nitrogens is 2. The lowest BCUT2D eigenvalue weighted by Crippen LogP contribution is -2.27. The molecule has 2 rings (SSSR count). The van der Waals surface area contributed by atoms with E-state index in [1.165, 1.54) is 16.8 Å². The van der Waals surface area contributed by atoms with Gasteiger partial charge in [0, 0.05) is 36.3 Å². The van der Waals surface area contributed by atoms with E-state index in [0.717, 1.165) is 5.56 Å². The molecule has 0 atom stereocenters. The van der Waals surface area contributed by atoms with E-state index in [-0.39, 0.29) is 25.4 Å². The highest BCUT2D eigenvalue weighted by atomic mass is 32.1. The van der Waals surface area contributed by atoms with Gasteiger partial charge >= 0.3 is 6.09 Å². The van der Waals surface area contributed by atoms with Crippen molar-refractivity contribution >= 4 is 34.4 Å². The van der Waals surface area contributed by atoms with Crippen molar-refractivity contribution in [1.29, 1.82) is 0 Å². The molecule has 4 N–H and O–H groups in total. The Morgan fingerprint density at radius 1 is 1.26 bits per heavy atom. The summed E-state index contributed by atoms with van der Waals surface area (Å²) < 4.78 is 5.06. The predicted octanol–water partition coefficient (Wildman–Crippen LogP) is 1.23. The van der Waals surface area contributed by atoms with Crippen LogP contribution in [0.2, 0.25) is 0 Å². The topological polar surface area (TPSA) is 143 Å². The van der Waals surface area contributed by atoms with Crippen molar-refractivity contribution < 1.29 is 24.3 Å². The lowest BCUT2D eigenvalue weighted by atomic mass is 10.3. The number of ether oxygens (including phenoxy) is 1. The largest absolute Gasteiger partial charge is 0.444 e. The molecule has 0 aliphatic heterocycles. The quantitative estimate of drug-likeness (QED) is 0.285. The average Bonchev–Trinajstić information content (AvgIpc) is 3.10. The van der Waals surface area contributed by atoms with Crippen molar-refractivity contribution in [2.75, 3.05) is 11.9 Å². The summed E-state index contributed by atoms with van der Waals surface area (Å²) in [5, 5.41) is 15.5. The Bertz CT molecular complexity index is 768. The highest BCUT2D eigenvalue weighted by Crippen LogP contribution is 2.16. The second-order valence-electron chi connectivity index (χ2n) is 5.37. The van der Waals surface area contributed by atoms with Crippen LogP contribution in [0.3, 0.4) is 0 Å². The summed E-state index contributed by atoms with van der Waals surface area (Å²) in [6.45, 7) is 0.400. The fraction of sp³-hybridized carbons (Fsp3) is 0.312. The first-order chi connectivity index (χ1) is 13.1. The molecular weight excluding hydrogens is 374 g/mol. The molecule has 27 heavy (non-hydrogen) atoms. The number of anilines is 1. The molecule has 2 heterocycles. The van der Waals surface area contributed by atoms with Gasteiger partial charge in [-0.05, 0) is 12.5 Å². The van der Waals surface area contributed by atoms with E-state index in [0.29, 0.717) is 23.8 Å². The van der Waals surface area contributed by atoms with Gasteiger partial charge in [-0.2, -0.15) is 0 Å². The first-order valence-electron chi connectivity index (χ1n) is 8.03. The van der Waals surface area contributed by atoms with E-state index in [9.17, 15) is 14.4 Å². The van der Waals surface area contributed by atoms with Crippen LogP contribution in [0.25, 0.3) is 0 Å². The van der Waals surface area contributed by atoms with E-state index >= 15 is 0 Å². The summed E-state index contributed by atoms with van der Waals surface area (Å²) in [6.07, 6.45) is 3.15. The lowest BCUT2D eigenvalue weighted by Gasteiger charge is -2.04. The van der Waals surface area contributed by atoms with Crippen molar-refractivity contribution in [1.82, 2.24) is 20.8 Å². The van der Waals surface area contributed by atoms with Crippen molar-refractivity contribution in [3.05, 3.63) is 41.2 Å². The Morgan fingerprint density at radius 3 is 2.85 bits per heavy atom. The standard InChI is InChI=1S/C16H19N5O5S/c22-13(21-25)4-2-6-18-14(23)7-12-10-27-15(19-12)20-16(24)26-9-11-3-1-5-17-8-11/h1,3,5,8,10,25H,2,4,6-7,9H2,(H,18,23)(H,21,22)(H,19,20,24). The molecule has 10 nitrogen and oxygen atoms in total. The van der Waals surface area contributed by atoms with E-state index in [4.69, 9.17) is 9.94 Å². The normalized spacial score (nSPS) is 10.1. The van der Waals surface area contributed by atoms with E-state index < -0.39 is 12.0 Å². The molecule has 2 aromatic heterocycles. The maximum atomic E-state index is 11.8. The molecule has 0 aliphatic rings. The number of hydrogen-bond donors (Lipinski definition) is 4. The van der Waals surface area contributed by atoms with Gasteiger partial charge in [-0.25, -0.2) is 15.3 Å². The molecule has 0 aliphatic carbocycles. The SMILES string of the molecule is O=C(CCCNC(=O)Cc1csc(NC(=O)OCc2cccnc2)n1)NO. The molecule has 0 aromatic carbocycles. The molecular formula is C16H19N5O5S. The van der Waals surface area contributed by atoms with Crippen molar-refractivity contribution in [3.63, 3.8) is 0 Å². The number of nitrogens with one attached hydrogen (secondary N) is 3. The zero-order chi connectivity index (χ0) is 19.5. The van der Waals surface area contributed by atoms with E-state index in [1.807, 2.05) is 0 Å². The van der Waals surface area contributed by atoms with Crippen LogP contribution in [0.15, 0.2) is 29.9 Å². The van der Waals surface area contributed by atoms with Gasteiger partial charge in [0.1, 0.15) is 6.61 Å². The summed E-state index contributed by atoms with van der Waals surface area (Å²) in [6, 6.07) is 3.53. The molecule has 0 bridgehead atoms. The minimum Gasteiger partial charge on any atom is -0.444 e. The Labute approximate surface area is 158 Å². The maximum Gasteiger partial charge on any atom is 0.413 e. The number of amides is 3. The average molecular weight is 393 g/mol. The molecule has 0 spiro atoms. The predicted molar refractivity (Wildman–Crippen MR) is 96.0 cm³/mol. The number of carbonyl (C=O) groups is 3. The number of hydrogen-bond acceptors (Lipinski definition) is 8. The van der Waals surface area contributed by atoms with Gasteiger partial charge in [0.05, 0.1) is 12.1 Å². The Morgan fingerprint density at radius 2 is 2.11 bits per heavy atom. The Hall–Kier alpha value is -3.05. The van der Waals surface area contributed by atoms with Crippen molar-refractivity contribution in [2.45, 2.75) is 25.9 Å². The van der Waals surface area contributed by atoms with Crippen LogP contribution in [0.5, 0.6) is 0 Å². The highest BCUT2D eigenvalue weighted by molar-refractivity contribution is 7.13. The van der Waals surface area contributed by atoms with Crippen LogP contribution in [-0.2, 0) is 27.4 Å². The Balaban J connectivity index is 1.68. The number of carbonyl (C=O) groups excluding carboxylic acids is 3. The van der Waals surface area contributed by atoms with E-state index in [2.05, 4.69) is 20.6 Å². The summed E-state index contributed by atoms with van der Waals surface area (Å²) in [5.41, 5.74) is 2.79. The van der Waals surface area contributed by atoms with Crippen LogP contribution >= 0.6 is 11.3 Å². The molecule has 2 aromatic rings. The number of nitrogens with zero attached hydrogens (tertiary/aromatic N) is 2. The molecule has 144 valence electrons.